The summed E-state index contributed by atoms with van der Waals surface area (Å²) in [4.78, 5) is 4.21. The van der Waals surface area contributed by atoms with E-state index in [1.54, 1.807) is 6.20 Å². The average molecular weight is 355 g/mol. The van der Waals surface area contributed by atoms with E-state index in [0.29, 0.717) is 5.82 Å². The van der Waals surface area contributed by atoms with Gasteiger partial charge in [0.05, 0.1) is 0 Å². The second-order valence-electron chi connectivity index (χ2n) is 5.93. The number of benzene rings is 1. The lowest BCUT2D eigenvalue weighted by Gasteiger charge is -2.01. The number of H-pyrrole nitrogens is 1. The Morgan fingerprint density at radius 2 is 1.96 bits per heavy atom. The highest BCUT2D eigenvalue weighted by molar-refractivity contribution is 5.73. The van der Waals surface area contributed by atoms with Crippen LogP contribution in [0.2, 0.25) is 0 Å². The van der Waals surface area contributed by atoms with Crippen molar-refractivity contribution in [2.75, 3.05) is 0 Å². The second-order valence-corrected chi connectivity index (χ2v) is 5.93. The van der Waals surface area contributed by atoms with Crippen molar-refractivity contribution in [3.05, 3.63) is 83.2 Å². The molecule has 4 aromatic rings. The molecule has 0 bridgehead atoms. The molecule has 0 aliphatic rings. The second kappa shape index (κ2) is 7.21. The van der Waals surface area contributed by atoms with E-state index >= 15 is 0 Å². The minimum absolute atomic E-state index is 0.555. The first-order valence-electron chi connectivity index (χ1n) is 8.46. The number of aromatic amines is 1. The molecule has 0 fully saturated rings. The van der Waals surface area contributed by atoms with Crippen molar-refractivity contribution in [2.45, 2.75) is 6.92 Å². The van der Waals surface area contributed by atoms with Gasteiger partial charge in [0.2, 0.25) is 5.82 Å². The molecule has 1 aromatic carbocycles. The smallest absolute Gasteiger partial charge is 0.204 e. The van der Waals surface area contributed by atoms with Gasteiger partial charge in [-0.3, -0.25) is 4.98 Å². The molecule has 0 unspecified atom stereocenters. The van der Waals surface area contributed by atoms with E-state index in [9.17, 15) is 0 Å². The molecule has 0 atom stereocenters. The molecule has 0 saturated carbocycles. The number of hydrogen-bond donors (Lipinski definition) is 1. The Labute approximate surface area is 155 Å². The van der Waals surface area contributed by atoms with E-state index < -0.39 is 0 Å². The Balaban J connectivity index is 1.80. The maximum atomic E-state index is 6.17. The molecule has 0 spiro atoms. The molecular weight excluding hydrogens is 338 g/mol. The van der Waals surface area contributed by atoms with E-state index in [-0.39, 0.29) is 0 Å². The number of pyridine rings is 1. The van der Waals surface area contributed by atoms with Gasteiger partial charge in [-0.25, -0.2) is 0 Å². The Morgan fingerprint density at radius 3 is 2.63 bits per heavy atom. The number of rotatable bonds is 4. The van der Waals surface area contributed by atoms with Crippen LogP contribution in [0.1, 0.15) is 12.5 Å². The fourth-order valence-electron chi connectivity index (χ4n) is 2.86. The van der Waals surface area contributed by atoms with Crippen LogP contribution in [0.15, 0.2) is 71.4 Å². The van der Waals surface area contributed by atoms with Crippen LogP contribution in [0.3, 0.4) is 0 Å². The number of furan rings is 1. The molecule has 0 amide bonds. The minimum Gasteiger partial charge on any atom is -0.455 e. The maximum Gasteiger partial charge on any atom is 0.204 e. The Bertz CT molecular complexity index is 1170. The SMILES string of the molecule is C=c1cc(-c2ccc(-c3nn[nH]n3)cc2)o/c1=C(/C=C\C)c1cccnc1. The van der Waals surface area contributed by atoms with Gasteiger partial charge in [0.25, 0.3) is 0 Å². The lowest BCUT2D eigenvalue weighted by Crippen LogP contribution is -2.20. The zero-order chi connectivity index (χ0) is 18.6. The summed E-state index contributed by atoms with van der Waals surface area (Å²) in [5.74, 6) is 1.31. The molecular formula is C21H17N5O. The fraction of sp³-hybridized carbons (Fsp3) is 0.0476. The third kappa shape index (κ3) is 3.32. The van der Waals surface area contributed by atoms with Crippen molar-refractivity contribution in [1.82, 2.24) is 25.6 Å². The third-order valence-electron chi connectivity index (χ3n) is 4.13. The summed E-state index contributed by atoms with van der Waals surface area (Å²) in [6, 6.07) is 13.6. The predicted molar refractivity (Wildman–Crippen MR) is 104 cm³/mol. The molecule has 0 radical (unpaired) electrons. The van der Waals surface area contributed by atoms with E-state index in [2.05, 4.69) is 32.2 Å². The molecule has 1 N–H and O–H groups in total. The van der Waals surface area contributed by atoms with Gasteiger partial charge in [-0.05, 0) is 24.3 Å². The van der Waals surface area contributed by atoms with Gasteiger partial charge in [-0.15, -0.1) is 10.2 Å². The summed E-state index contributed by atoms with van der Waals surface area (Å²) >= 11 is 0. The van der Waals surface area contributed by atoms with Crippen molar-refractivity contribution in [1.29, 1.82) is 0 Å². The first-order chi connectivity index (χ1) is 13.3. The van der Waals surface area contributed by atoms with E-state index in [4.69, 9.17) is 4.42 Å². The highest BCUT2D eigenvalue weighted by Crippen LogP contribution is 2.21. The largest absolute Gasteiger partial charge is 0.455 e. The Morgan fingerprint density at radius 1 is 1.15 bits per heavy atom. The van der Waals surface area contributed by atoms with E-state index in [0.717, 1.165) is 38.7 Å². The quantitative estimate of drug-likeness (QED) is 0.609. The Hall–Kier alpha value is -3.80. The lowest BCUT2D eigenvalue weighted by molar-refractivity contribution is 0.543. The monoisotopic (exact) mass is 355 g/mol. The van der Waals surface area contributed by atoms with Crippen molar-refractivity contribution < 1.29 is 4.42 Å². The molecule has 3 heterocycles. The summed E-state index contributed by atoms with van der Waals surface area (Å²) in [6.07, 6.45) is 7.55. The molecule has 4 rings (SSSR count). The number of allylic oxidation sites excluding steroid dienone is 2. The topological polar surface area (TPSA) is 80.5 Å². The highest BCUT2D eigenvalue weighted by Gasteiger charge is 2.09. The van der Waals surface area contributed by atoms with Crippen molar-refractivity contribution >= 4 is 12.2 Å². The first-order valence-corrected chi connectivity index (χ1v) is 8.46. The maximum absolute atomic E-state index is 6.17. The van der Waals surface area contributed by atoms with Gasteiger partial charge in [0.1, 0.15) is 11.2 Å². The molecule has 6 heteroatoms. The van der Waals surface area contributed by atoms with Crippen LogP contribution in [0.4, 0.5) is 0 Å². The number of tetrazole rings is 1. The van der Waals surface area contributed by atoms with Crippen molar-refractivity contribution in [3.8, 4) is 22.7 Å². The lowest BCUT2D eigenvalue weighted by atomic mass is 10.1. The third-order valence-corrected chi connectivity index (χ3v) is 4.13. The molecule has 6 nitrogen and oxygen atoms in total. The van der Waals surface area contributed by atoms with E-state index in [1.807, 2.05) is 67.7 Å². The molecule has 3 aromatic heterocycles. The summed E-state index contributed by atoms with van der Waals surface area (Å²) < 4.78 is 6.17. The normalized spacial score (nSPS) is 12.5. The zero-order valence-electron chi connectivity index (χ0n) is 14.8. The van der Waals surface area contributed by atoms with Crippen molar-refractivity contribution in [3.63, 3.8) is 0 Å². The molecule has 0 saturated heterocycles. The van der Waals surface area contributed by atoms with Crippen LogP contribution >= 0.6 is 0 Å². The molecule has 0 aliphatic heterocycles. The van der Waals surface area contributed by atoms with Gasteiger partial charge in [-0.1, -0.05) is 49.1 Å². The van der Waals surface area contributed by atoms with Crippen LogP contribution in [-0.4, -0.2) is 25.6 Å². The average Bonchev–Trinajstić information content (AvgIpc) is 3.37. The molecule has 27 heavy (non-hydrogen) atoms. The first kappa shape index (κ1) is 16.7. The summed E-state index contributed by atoms with van der Waals surface area (Å²) in [5, 5.41) is 14.8. The van der Waals surface area contributed by atoms with E-state index in [1.165, 1.54) is 0 Å². The number of nitrogens with zero attached hydrogens (tertiary/aromatic N) is 4. The summed E-state index contributed by atoms with van der Waals surface area (Å²) in [6.45, 7) is 6.12. The van der Waals surface area contributed by atoms with Crippen LogP contribution in [0.25, 0.3) is 34.9 Å². The number of hydrogen-bond acceptors (Lipinski definition) is 5. The van der Waals surface area contributed by atoms with Gasteiger partial charge < -0.3 is 4.42 Å². The number of aromatic nitrogens is 5. The minimum atomic E-state index is 0.555. The fourth-order valence-corrected chi connectivity index (χ4v) is 2.86. The summed E-state index contributed by atoms with van der Waals surface area (Å²) in [5.41, 5.74) is 4.49. The predicted octanol–water partition coefficient (Wildman–Crippen LogP) is 2.71. The van der Waals surface area contributed by atoms with Gasteiger partial charge in [-0.2, -0.15) is 5.21 Å². The van der Waals surface area contributed by atoms with Gasteiger partial charge in [0, 0.05) is 39.9 Å². The zero-order valence-corrected chi connectivity index (χ0v) is 14.8. The number of nitrogens with one attached hydrogen (secondary N) is 1. The van der Waals surface area contributed by atoms with Crippen LogP contribution in [0.5, 0.6) is 0 Å². The Kier molecular flexibility index (Phi) is 4.45. The van der Waals surface area contributed by atoms with Crippen molar-refractivity contribution in [2.24, 2.45) is 0 Å². The summed E-state index contributed by atoms with van der Waals surface area (Å²) in [7, 11) is 0. The van der Waals surface area contributed by atoms with Crippen LogP contribution in [-0.2, 0) is 0 Å². The highest BCUT2D eigenvalue weighted by atomic mass is 16.3. The van der Waals surface area contributed by atoms with Gasteiger partial charge >= 0.3 is 0 Å². The van der Waals surface area contributed by atoms with Gasteiger partial charge in [0.15, 0.2) is 0 Å². The molecule has 132 valence electrons. The van der Waals surface area contributed by atoms with Crippen LogP contribution < -0.4 is 10.6 Å². The molecule has 0 aliphatic carbocycles. The standard InChI is InChI=1S/C21H17N5O/c1-3-5-18(17-6-4-11-22-13-17)20-14(2)12-19(27-20)15-7-9-16(10-8-15)21-23-25-26-24-21/h3-13H,2H2,1H3,(H,23,24,25,26)/b5-3-,20-18-. The van der Waals surface area contributed by atoms with Crippen LogP contribution in [0, 0.1) is 0 Å².